The molecule has 0 atom stereocenters. The predicted molar refractivity (Wildman–Crippen MR) is 71.6 cm³/mol. The fraction of sp³-hybridized carbons (Fsp3) is 0.556. The quantitative estimate of drug-likeness (QED) is 0.754. The SMILES string of the molecule is CCS(=O)(=O)NCCNc1nn2cc(C)nc2s1. The molecular formula is C9H15N5O2S2. The maximum Gasteiger partial charge on any atom is 0.214 e. The highest BCUT2D eigenvalue weighted by molar-refractivity contribution is 7.89. The van der Waals surface area contributed by atoms with Gasteiger partial charge >= 0.3 is 0 Å². The summed E-state index contributed by atoms with van der Waals surface area (Å²) in [6.45, 7) is 4.36. The Morgan fingerprint density at radius 3 is 2.89 bits per heavy atom. The normalized spacial score (nSPS) is 12.1. The van der Waals surface area contributed by atoms with Gasteiger partial charge in [-0.1, -0.05) is 11.3 Å². The number of hydrogen-bond donors (Lipinski definition) is 2. The van der Waals surface area contributed by atoms with Crippen molar-refractivity contribution < 1.29 is 8.42 Å². The summed E-state index contributed by atoms with van der Waals surface area (Å²) in [7, 11) is -3.12. The maximum atomic E-state index is 11.2. The van der Waals surface area contributed by atoms with E-state index in [2.05, 4.69) is 20.1 Å². The van der Waals surface area contributed by atoms with Crippen LogP contribution < -0.4 is 10.0 Å². The maximum absolute atomic E-state index is 11.2. The van der Waals surface area contributed by atoms with Crippen molar-refractivity contribution in [2.75, 3.05) is 24.2 Å². The van der Waals surface area contributed by atoms with Gasteiger partial charge in [0, 0.05) is 13.1 Å². The van der Waals surface area contributed by atoms with Crippen molar-refractivity contribution in [2.45, 2.75) is 13.8 Å². The number of sulfonamides is 1. The summed E-state index contributed by atoms with van der Waals surface area (Å²) in [5, 5.41) is 8.06. The largest absolute Gasteiger partial charge is 0.359 e. The van der Waals surface area contributed by atoms with Gasteiger partial charge in [0.05, 0.1) is 17.6 Å². The standard InChI is InChI=1S/C9H15N5O2S2/c1-3-18(15,16)11-5-4-10-8-13-14-6-7(2)12-9(14)17-8/h6,11H,3-5H2,1-2H3,(H,10,13). The fourth-order valence-corrected chi connectivity index (χ4v) is 2.83. The van der Waals surface area contributed by atoms with Crippen LogP contribution in [0, 0.1) is 6.92 Å². The third-order valence-electron chi connectivity index (χ3n) is 2.27. The van der Waals surface area contributed by atoms with Crippen molar-refractivity contribution in [1.82, 2.24) is 19.3 Å². The fourth-order valence-electron chi connectivity index (χ4n) is 1.36. The minimum atomic E-state index is -3.12. The predicted octanol–water partition coefficient (Wildman–Crippen LogP) is 0.450. The number of imidazole rings is 1. The van der Waals surface area contributed by atoms with E-state index in [-0.39, 0.29) is 5.75 Å². The molecule has 2 heterocycles. The van der Waals surface area contributed by atoms with Gasteiger partial charge < -0.3 is 5.32 Å². The third-order valence-corrected chi connectivity index (χ3v) is 4.55. The number of aryl methyl sites for hydroxylation is 1. The van der Waals surface area contributed by atoms with Crippen molar-refractivity contribution in [3.8, 4) is 0 Å². The van der Waals surface area contributed by atoms with E-state index in [1.807, 2.05) is 13.1 Å². The molecule has 0 bridgehead atoms. The number of nitrogens with zero attached hydrogens (tertiary/aromatic N) is 3. The zero-order chi connectivity index (χ0) is 13.2. The zero-order valence-electron chi connectivity index (χ0n) is 10.2. The van der Waals surface area contributed by atoms with Gasteiger partial charge in [0.15, 0.2) is 0 Å². The van der Waals surface area contributed by atoms with E-state index in [1.165, 1.54) is 11.3 Å². The molecule has 0 aliphatic carbocycles. The Morgan fingerprint density at radius 1 is 1.44 bits per heavy atom. The zero-order valence-corrected chi connectivity index (χ0v) is 11.8. The molecule has 18 heavy (non-hydrogen) atoms. The summed E-state index contributed by atoms with van der Waals surface area (Å²) in [6, 6.07) is 0. The van der Waals surface area contributed by atoms with E-state index in [1.54, 1.807) is 11.4 Å². The highest BCUT2D eigenvalue weighted by Gasteiger charge is 2.07. The van der Waals surface area contributed by atoms with Crippen molar-refractivity contribution in [3.05, 3.63) is 11.9 Å². The summed E-state index contributed by atoms with van der Waals surface area (Å²) < 4.78 is 26.5. The summed E-state index contributed by atoms with van der Waals surface area (Å²) >= 11 is 1.43. The number of aromatic nitrogens is 3. The Bertz CT molecular complexity index is 599. The van der Waals surface area contributed by atoms with Gasteiger partial charge in [0.25, 0.3) is 0 Å². The van der Waals surface area contributed by atoms with E-state index in [9.17, 15) is 8.42 Å². The van der Waals surface area contributed by atoms with Gasteiger partial charge in [-0.3, -0.25) is 0 Å². The number of anilines is 1. The Labute approximate surface area is 109 Å². The van der Waals surface area contributed by atoms with Crippen LogP contribution in [-0.2, 0) is 10.0 Å². The number of fused-ring (bicyclic) bond motifs is 1. The average molecular weight is 289 g/mol. The van der Waals surface area contributed by atoms with E-state index in [4.69, 9.17) is 0 Å². The molecule has 0 fully saturated rings. The molecule has 0 spiro atoms. The Morgan fingerprint density at radius 2 is 2.22 bits per heavy atom. The van der Waals surface area contributed by atoms with Crippen LogP contribution in [0.2, 0.25) is 0 Å². The molecule has 0 amide bonds. The van der Waals surface area contributed by atoms with Crippen molar-refractivity contribution in [2.24, 2.45) is 0 Å². The molecule has 2 aromatic rings. The number of rotatable bonds is 6. The van der Waals surface area contributed by atoms with E-state index >= 15 is 0 Å². The van der Waals surface area contributed by atoms with Gasteiger partial charge in [-0.05, 0) is 13.8 Å². The summed E-state index contributed by atoms with van der Waals surface area (Å²) in [6.07, 6.45) is 1.84. The first-order valence-corrected chi connectivity index (χ1v) is 8.01. The van der Waals surface area contributed by atoms with E-state index < -0.39 is 10.0 Å². The highest BCUT2D eigenvalue weighted by Crippen LogP contribution is 2.18. The lowest BCUT2D eigenvalue weighted by atomic mass is 10.6. The molecule has 0 aromatic carbocycles. The molecule has 0 unspecified atom stereocenters. The molecule has 2 aromatic heterocycles. The van der Waals surface area contributed by atoms with Crippen LogP contribution in [0.3, 0.4) is 0 Å². The average Bonchev–Trinajstić information content (AvgIpc) is 2.81. The summed E-state index contributed by atoms with van der Waals surface area (Å²) in [4.78, 5) is 5.11. The van der Waals surface area contributed by atoms with Gasteiger partial charge in [-0.2, -0.15) is 0 Å². The van der Waals surface area contributed by atoms with E-state index in [0.717, 1.165) is 15.8 Å². The Kier molecular flexibility index (Phi) is 3.83. The van der Waals surface area contributed by atoms with Gasteiger partial charge in [0.1, 0.15) is 0 Å². The van der Waals surface area contributed by atoms with Crippen LogP contribution in [0.4, 0.5) is 5.13 Å². The Balaban J connectivity index is 1.85. The lowest BCUT2D eigenvalue weighted by molar-refractivity contribution is 0.584. The molecule has 7 nitrogen and oxygen atoms in total. The number of nitrogens with one attached hydrogen (secondary N) is 2. The van der Waals surface area contributed by atoms with Gasteiger partial charge in [-0.15, -0.1) is 5.10 Å². The summed E-state index contributed by atoms with van der Waals surface area (Å²) in [5.41, 5.74) is 0.927. The van der Waals surface area contributed by atoms with Gasteiger partial charge in [-0.25, -0.2) is 22.6 Å². The number of hydrogen-bond acceptors (Lipinski definition) is 6. The van der Waals surface area contributed by atoms with Crippen LogP contribution in [0.25, 0.3) is 4.96 Å². The molecule has 0 saturated carbocycles. The monoisotopic (exact) mass is 289 g/mol. The molecule has 0 aliphatic heterocycles. The second-order valence-corrected chi connectivity index (χ2v) is 6.79. The molecule has 2 rings (SSSR count). The van der Waals surface area contributed by atoms with Crippen LogP contribution in [-0.4, -0.2) is 41.9 Å². The van der Waals surface area contributed by atoms with Crippen molar-refractivity contribution in [3.63, 3.8) is 0 Å². The molecule has 100 valence electrons. The second-order valence-electron chi connectivity index (χ2n) is 3.74. The molecular weight excluding hydrogens is 274 g/mol. The first-order chi connectivity index (χ1) is 8.50. The van der Waals surface area contributed by atoms with Crippen LogP contribution >= 0.6 is 11.3 Å². The molecule has 9 heteroatoms. The van der Waals surface area contributed by atoms with Gasteiger partial charge in [0.2, 0.25) is 20.1 Å². The topological polar surface area (TPSA) is 88.4 Å². The van der Waals surface area contributed by atoms with Crippen molar-refractivity contribution in [1.29, 1.82) is 0 Å². The Hall–Kier alpha value is -1.19. The molecule has 2 N–H and O–H groups in total. The van der Waals surface area contributed by atoms with E-state index in [0.29, 0.717) is 13.1 Å². The van der Waals surface area contributed by atoms with Crippen molar-refractivity contribution >= 4 is 31.5 Å². The molecule has 0 aliphatic rings. The minimum Gasteiger partial charge on any atom is -0.359 e. The van der Waals surface area contributed by atoms with Crippen LogP contribution in [0.15, 0.2) is 6.20 Å². The smallest absolute Gasteiger partial charge is 0.214 e. The lowest BCUT2D eigenvalue weighted by Crippen LogP contribution is -2.30. The van der Waals surface area contributed by atoms with Crippen LogP contribution in [0.5, 0.6) is 0 Å². The highest BCUT2D eigenvalue weighted by atomic mass is 32.2. The minimum absolute atomic E-state index is 0.0946. The second kappa shape index (κ2) is 5.21. The summed E-state index contributed by atoms with van der Waals surface area (Å²) in [5.74, 6) is 0.0946. The first kappa shape index (κ1) is 13.2. The first-order valence-electron chi connectivity index (χ1n) is 5.54. The molecule has 0 saturated heterocycles. The third kappa shape index (κ3) is 3.18. The van der Waals surface area contributed by atoms with Crippen LogP contribution in [0.1, 0.15) is 12.6 Å². The molecule has 0 radical (unpaired) electrons. The lowest BCUT2D eigenvalue weighted by Gasteiger charge is -2.04.